The fourth-order valence-electron chi connectivity index (χ4n) is 2.62. The number of aromatic nitrogens is 1. The number of nitrogens with one attached hydrogen (secondary N) is 1. The highest BCUT2D eigenvalue weighted by Gasteiger charge is 2.40. The first-order valence-corrected chi connectivity index (χ1v) is 8.01. The minimum Gasteiger partial charge on any atom is -0.481 e. The summed E-state index contributed by atoms with van der Waals surface area (Å²) in [5, 5.41) is 12.2. The molecule has 2 heterocycles. The first-order chi connectivity index (χ1) is 9.98. The summed E-state index contributed by atoms with van der Waals surface area (Å²) >= 11 is 1.52. The van der Waals surface area contributed by atoms with E-state index in [1.807, 2.05) is 13.8 Å². The fourth-order valence-corrected chi connectivity index (χ4v) is 3.34. The molecule has 2 amide bonds. The number of carbonyl (C=O) groups is 2. The van der Waals surface area contributed by atoms with Crippen molar-refractivity contribution >= 4 is 23.3 Å². The molecule has 1 saturated heterocycles. The molecule has 0 saturated carbocycles. The third kappa shape index (κ3) is 3.34. The number of aliphatic carboxylic acids is 1. The number of carboxylic acids is 1. The van der Waals surface area contributed by atoms with Gasteiger partial charge in [-0.2, -0.15) is 0 Å². The third-order valence-electron chi connectivity index (χ3n) is 4.38. The predicted molar refractivity (Wildman–Crippen MR) is 80.3 cm³/mol. The number of nitrogens with zero attached hydrogens (tertiary/aromatic N) is 2. The minimum atomic E-state index is -0.745. The maximum absolute atomic E-state index is 12.1. The average molecular weight is 311 g/mol. The summed E-state index contributed by atoms with van der Waals surface area (Å²) in [5.74, 6) is -0.745. The summed E-state index contributed by atoms with van der Waals surface area (Å²) in [4.78, 5) is 30.4. The minimum absolute atomic E-state index is 0.127. The molecule has 0 aromatic carbocycles. The fraction of sp³-hybridized carbons (Fsp3) is 0.643. The number of rotatable bonds is 4. The van der Waals surface area contributed by atoms with Crippen molar-refractivity contribution in [2.24, 2.45) is 5.41 Å². The highest BCUT2D eigenvalue weighted by Crippen LogP contribution is 2.35. The second-order valence-corrected chi connectivity index (χ2v) is 6.39. The van der Waals surface area contributed by atoms with E-state index in [-0.39, 0.29) is 6.03 Å². The van der Waals surface area contributed by atoms with Crippen molar-refractivity contribution < 1.29 is 14.7 Å². The Morgan fingerprint density at radius 1 is 1.48 bits per heavy atom. The lowest BCUT2D eigenvalue weighted by Crippen LogP contribution is -2.49. The molecule has 1 aliphatic rings. The number of amides is 2. The van der Waals surface area contributed by atoms with E-state index in [4.69, 9.17) is 0 Å². The lowest BCUT2D eigenvalue weighted by atomic mass is 9.76. The van der Waals surface area contributed by atoms with Crippen LogP contribution in [0.15, 0.2) is 5.51 Å². The number of carboxylic acid groups (broad SMARTS) is 1. The monoisotopic (exact) mass is 311 g/mol. The zero-order valence-corrected chi connectivity index (χ0v) is 13.2. The lowest BCUT2D eigenvalue weighted by molar-refractivity contribution is -0.151. The van der Waals surface area contributed by atoms with Gasteiger partial charge in [0.05, 0.1) is 23.2 Å². The molecule has 2 N–H and O–H groups in total. The van der Waals surface area contributed by atoms with Crippen LogP contribution in [-0.4, -0.2) is 40.1 Å². The molecule has 116 valence electrons. The lowest BCUT2D eigenvalue weighted by Gasteiger charge is -2.38. The summed E-state index contributed by atoms with van der Waals surface area (Å²) in [6.45, 7) is 5.28. The van der Waals surface area contributed by atoms with Gasteiger partial charge in [-0.1, -0.05) is 6.92 Å². The average Bonchev–Trinajstić information content (AvgIpc) is 2.90. The van der Waals surface area contributed by atoms with Crippen LogP contribution in [0.1, 0.15) is 36.8 Å². The Hall–Kier alpha value is -1.63. The van der Waals surface area contributed by atoms with Crippen LogP contribution < -0.4 is 5.32 Å². The Morgan fingerprint density at radius 3 is 2.62 bits per heavy atom. The molecule has 0 spiro atoms. The van der Waals surface area contributed by atoms with E-state index in [2.05, 4.69) is 10.3 Å². The maximum atomic E-state index is 12.1. The Bertz CT molecular complexity index is 521. The van der Waals surface area contributed by atoms with Crippen molar-refractivity contribution in [1.29, 1.82) is 0 Å². The Labute approximate surface area is 128 Å². The molecule has 6 nitrogen and oxygen atoms in total. The number of thiazole rings is 1. The van der Waals surface area contributed by atoms with Crippen molar-refractivity contribution in [3.63, 3.8) is 0 Å². The normalized spacial score (nSPS) is 17.5. The predicted octanol–water partition coefficient (Wildman–Crippen LogP) is 2.24. The number of likely N-dealkylation sites (tertiary alicyclic amines) is 1. The molecule has 1 aromatic rings. The summed E-state index contributed by atoms with van der Waals surface area (Å²) in [6, 6.07) is -0.127. The molecule has 7 heteroatoms. The van der Waals surface area contributed by atoms with E-state index in [9.17, 15) is 14.7 Å². The maximum Gasteiger partial charge on any atom is 0.317 e. The zero-order chi connectivity index (χ0) is 15.5. The first-order valence-electron chi connectivity index (χ1n) is 7.13. The van der Waals surface area contributed by atoms with E-state index in [1.165, 1.54) is 11.3 Å². The largest absolute Gasteiger partial charge is 0.481 e. The summed E-state index contributed by atoms with van der Waals surface area (Å²) in [6.07, 6.45) is 1.65. The molecule has 2 rings (SSSR count). The molecular weight excluding hydrogens is 290 g/mol. The molecule has 0 unspecified atom stereocenters. The van der Waals surface area contributed by atoms with Gasteiger partial charge in [-0.25, -0.2) is 9.78 Å². The Balaban J connectivity index is 1.86. The van der Waals surface area contributed by atoms with Crippen LogP contribution in [0, 0.1) is 12.3 Å². The SMILES string of the molecule is CCC1(C(=O)O)CCN(C(=O)NCc2scnc2C)CC1. The molecule has 1 aliphatic heterocycles. The van der Waals surface area contributed by atoms with Crippen LogP contribution in [0.25, 0.3) is 0 Å². The number of carbonyl (C=O) groups excluding carboxylic acids is 1. The van der Waals surface area contributed by atoms with Crippen LogP contribution in [0.3, 0.4) is 0 Å². The summed E-state index contributed by atoms with van der Waals surface area (Å²) in [5.41, 5.74) is 2.04. The highest BCUT2D eigenvalue weighted by atomic mass is 32.1. The summed E-state index contributed by atoms with van der Waals surface area (Å²) in [7, 11) is 0. The van der Waals surface area contributed by atoms with E-state index in [1.54, 1.807) is 10.4 Å². The van der Waals surface area contributed by atoms with Gasteiger partial charge in [-0.05, 0) is 26.2 Å². The standard InChI is InChI=1S/C14H21N3O3S/c1-3-14(12(18)19)4-6-17(7-5-14)13(20)15-8-11-10(2)16-9-21-11/h9H,3-8H2,1-2H3,(H,15,20)(H,18,19). The molecule has 0 atom stereocenters. The molecule has 0 radical (unpaired) electrons. The van der Waals surface area contributed by atoms with Gasteiger partial charge in [0, 0.05) is 18.0 Å². The van der Waals surface area contributed by atoms with Crippen LogP contribution >= 0.6 is 11.3 Å². The van der Waals surface area contributed by atoms with Crippen LogP contribution in [0.4, 0.5) is 4.79 Å². The molecule has 1 aromatic heterocycles. The highest BCUT2D eigenvalue weighted by molar-refractivity contribution is 7.09. The van der Waals surface area contributed by atoms with Gasteiger partial charge in [-0.15, -0.1) is 11.3 Å². The summed E-state index contributed by atoms with van der Waals surface area (Å²) < 4.78 is 0. The topological polar surface area (TPSA) is 82.5 Å². The Kier molecular flexibility index (Phi) is 4.82. The molecule has 0 bridgehead atoms. The van der Waals surface area contributed by atoms with Crippen LogP contribution in [-0.2, 0) is 11.3 Å². The molecule has 1 fully saturated rings. The van der Waals surface area contributed by atoms with E-state index in [0.29, 0.717) is 38.9 Å². The van der Waals surface area contributed by atoms with Gasteiger partial charge in [0.25, 0.3) is 0 Å². The van der Waals surface area contributed by atoms with E-state index < -0.39 is 11.4 Å². The zero-order valence-electron chi connectivity index (χ0n) is 12.4. The van der Waals surface area contributed by atoms with Crippen LogP contribution in [0.2, 0.25) is 0 Å². The van der Waals surface area contributed by atoms with Gasteiger partial charge in [0.15, 0.2) is 0 Å². The number of piperidine rings is 1. The van der Waals surface area contributed by atoms with Crippen LogP contribution in [0.5, 0.6) is 0 Å². The molecule has 21 heavy (non-hydrogen) atoms. The van der Waals surface area contributed by atoms with Gasteiger partial charge in [0.2, 0.25) is 0 Å². The second-order valence-electron chi connectivity index (χ2n) is 5.45. The second kappa shape index (κ2) is 6.43. The quantitative estimate of drug-likeness (QED) is 0.893. The number of hydrogen-bond donors (Lipinski definition) is 2. The van der Waals surface area contributed by atoms with Gasteiger partial charge in [-0.3, -0.25) is 4.79 Å². The van der Waals surface area contributed by atoms with Crippen molar-refractivity contribution in [3.05, 3.63) is 16.1 Å². The number of urea groups is 1. The van der Waals surface area contributed by atoms with E-state index in [0.717, 1.165) is 10.6 Å². The third-order valence-corrected chi connectivity index (χ3v) is 5.32. The van der Waals surface area contributed by atoms with Gasteiger partial charge >= 0.3 is 12.0 Å². The van der Waals surface area contributed by atoms with Crippen molar-refractivity contribution in [1.82, 2.24) is 15.2 Å². The number of aryl methyl sites for hydroxylation is 1. The molecular formula is C14H21N3O3S. The van der Waals surface area contributed by atoms with Crippen molar-refractivity contribution in [3.8, 4) is 0 Å². The molecule has 0 aliphatic carbocycles. The Morgan fingerprint density at radius 2 is 2.14 bits per heavy atom. The smallest absolute Gasteiger partial charge is 0.317 e. The van der Waals surface area contributed by atoms with Crippen molar-refractivity contribution in [2.45, 2.75) is 39.7 Å². The first kappa shape index (κ1) is 15.8. The number of hydrogen-bond acceptors (Lipinski definition) is 4. The van der Waals surface area contributed by atoms with Gasteiger partial charge in [0.1, 0.15) is 0 Å². The van der Waals surface area contributed by atoms with E-state index >= 15 is 0 Å². The van der Waals surface area contributed by atoms with Gasteiger partial charge < -0.3 is 15.3 Å². The van der Waals surface area contributed by atoms with Crippen molar-refractivity contribution in [2.75, 3.05) is 13.1 Å².